The van der Waals surface area contributed by atoms with Crippen LogP contribution in [-0.2, 0) is 9.59 Å². The van der Waals surface area contributed by atoms with Crippen molar-refractivity contribution >= 4 is 18.0 Å². The van der Waals surface area contributed by atoms with E-state index in [2.05, 4.69) is 10.3 Å². The van der Waals surface area contributed by atoms with E-state index in [0.717, 1.165) is 5.56 Å². The van der Waals surface area contributed by atoms with Crippen LogP contribution in [0.3, 0.4) is 0 Å². The summed E-state index contributed by atoms with van der Waals surface area (Å²) in [6.07, 6.45) is 4.68. The molecule has 6 nitrogen and oxygen atoms in total. The maximum atomic E-state index is 11.3. The fraction of sp³-hybridized carbons (Fsp3) is 0.250. The topological polar surface area (TPSA) is 99.5 Å². The molecule has 0 radical (unpaired) electrons. The Hall–Kier alpha value is -2.21. The molecule has 0 saturated carbocycles. The summed E-state index contributed by atoms with van der Waals surface area (Å²) in [6.45, 7) is 0.101. The van der Waals surface area contributed by atoms with Gasteiger partial charge in [-0.05, 0) is 17.7 Å². The van der Waals surface area contributed by atoms with Crippen LogP contribution in [0.2, 0.25) is 0 Å². The Bertz CT molecular complexity index is 431. The summed E-state index contributed by atoms with van der Waals surface area (Å²) >= 11 is 0. The number of hydrogen-bond donors (Lipinski definition) is 3. The number of aliphatic hydroxyl groups is 1. The Balaban J connectivity index is 2.30. The van der Waals surface area contributed by atoms with Crippen molar-refractivity contribution in [3.8, 4) is 0 Å². The van der Waals surface area contributed by atoms with Gasteiger partial charge in [0.1, 0.15) is 0 Å². The second-order valence-corrected chi connectivity index (χ2v) is 3.55. The number of nitrogens with one attached hydrogen (secondary N) is 1. The molecule has 0 bridgehead atoms. The van der Waals surface area contributed by atoms with E-state index >= 15 is 0 Å². The molecule has 1 rings (SSSR count). The van der Waals surface area contributed by atoms with Gasteiger partial charge in [0, 0.05) is 31.4 Å². The van der Waals surface area contributed by atoms with Crippen LogP contribution in [0.25, 0.3) is 6.08 Å². The highest BCUT2D eigenvalue weighted by molar-refractivity contribution is 5.91. The minimum absolute atomic E-state index is 0.0260. The normalized spacial score (nSPS) is 12.3. The smallest absolute Gasteiger partial charge is 0.332 e. The summed E-state index contributed by atoms with van der Waals surface area (Å²) in [4.78, 5) is 25.5. The van der Waals surface area contributed by atoms with Crippen LogP contribution in [0, 0.1) is 0 Å². The van der Waals surface area contributed by atoms with Gasteiger partial charge in [-0.3, -0.25) is 9.78 Å². The van der Waals surface area contributed by atoms with Gasteiger partial charge in [0.25, 0.3) is 0 Å². The molecule has 0 aliphatic rings. The van der Waals surface area contributed by atoms with Gasteiger partial charge in [-0.25, -0.2) is 4.79 Å². The average molecular weight is 250 g/mol. The zero-order valence-electron chi connectivity index (χ0n) is 9.61. The maximum Gasteiger partial charge on any atom is 0.332 e. The van der Waals surface area contributed by atoms with Crippen LogP contribution in [0.1, 0.15) is 12.0 Å². The molecular weight excluding hydrogens is 236 g/mol. The van der Waals surface area contributed by atoms with E-state index in [1.54, 1.807) is 30.6 Å². The van der Waals surface area contributed by atoms with Gasteiger partial charge in [0.15, 0.2) is 6.10 Å². The van der Waals surface area contributed by atoms with E-state index in [1.807, 2.05) is 0 Å². The van der Waals surface area contributed by atoms with Crippen molar-refractivity contribution in [2.45, 2.75) is 12.5 Å². The van der Waals surface area contributed by atoms with Gasteiger partial charge in [-0.15, -0.1) is 0 Å². The molecular formula is C12H14N2O4. The Kier molecular flexibility index (Phi) is 5.53. The van der Waals surface area contributed by atoms with Crippen molar-refractivity contribution < 1.29 is 19.8 Å². The highest BCUT2D eigenvalue weighted by Gasteiger charge is 2.12. The van der Waals surface area contributed by atoms with E-state index in [9.17, 15) is 9.59 Å². The molecule has 3 N–H and O–H groups in total. The molecule has 0 spiro atoms. The Morgan fingerprint density at radius 1 is 1.50 bits per heavy atom. The minimum Gasteiger partial charge on any atom is -0.479 e. The van der Waals surface area contributed by atoms with E-state index in [4.69, 9.17) is 10.2 Å². The third kappa shape index (κ3) is 5.22. The first-order valence-electron chi connectivity index (χ1n) is 5.36. The van der Waals surface area contributed by atoms with Crippen LogP contribution in [-0.4, -0.2) is 39.7 Å². The van der Waals surface area contributed by atoms with E-state index in [1.165, 1.54) is 6.08 Å². The lowest BCUT2D eigenvalue weighted by Crippen LogP contribution is -2.28. The van der Waals surface area contributed by atoms with Gasteiger partial charge in [-0.1, -0.05) is 6.07 Å². The van der Waals surface area contributed by atoms with Crippen molar-refractivity contribution in [1.82, 2.24) is 10.3 Å². The molecule has 1 aromatic heterocycles. The first kappa shape index (κ1) is 13.9. The van der Waals surface area contributed by atoms with E-state index in [0.29, 0.717) is 0 Å². The highest BCUT2D eigenvalue weighted by atomic mass is 16.4. The molecule has 1 heterocycles. The second-order valence-electron chi connectivity index (χ2n) is 3.55. The lowest BCUT2D eigenvalue weighted by Gasteiger charge is -2.05. The number of amides is 1. The van der Waals surface area contributed by atoms with Gasteiger partial charge in [0.05, 0.1) is 0 Å². The standard InChI is InChI=1S/C12H14N2O4/c15-10(12(17)18)5-7-14-11(16)4-3-9-2-1-6-13-8-9/h1-4,6,8,10,15H,5,7H2,(H,14,16)(H,17,18)/b4-3+/t10-/m0/s1. The predicted octanol–water partition coefficient (Wildman–Crippen LogP) is 0.0466. The molecule has 1 atom stereocenters. The van der Waals surface area contributed by atoms with Crippen molar-refractivity contribution in [2.24, 2.45) is 0 Å². The van der Waals surface area contributed by atoms with Crippen LogP contribution in [0.5, 0.6) is 0 Å². The number of carboxylic acid groups (broad SMARTS) is 1. The summed E-state index contributed by atoms with van der Waals surface area (Å²) < 4.78 is 0. The van der Waals surface area contributed by atoms with Crippen LogP contribution in [0.4, 0.5) is 0 Å². The second kappa shape index (κ2) is 7.18. The van der Waals surface area contributed by atoms with Crippen LogP contribution in [0.15, 0.2) is 30.6 Å². The van der Waals surface area contributed by atoms with E-state index in [-0.39, 0.29) is 18.9 Å². The van der Waals surface area contributed by atoms with Gasteiger partial charge in [0.2, 0.25) is 5.91 Å². The number of aliphatic hydroxyl groups excluding tert-OH is 1. The van der Waals surface area contributed by atoms with Crippen molar-refractivity contribution in [1.29, 1.82) is 0 Å². The number of aliphatic carboxylic acids is 1. The number of pyridine rings is 1. The quantitative estimate of drug-likeness (QED) is 0.619. The molecule has 0 aromatic carbocycles. The first-order valence-corrected chi connectivity index (χ1v) is 5.36. The fourth-order valence-corrected chi connectivity index (χ4v) is 1.16. The number of nitrogens with zero attached hydrogens (tertiary/aromatic N) is 1. The molecule has 1 amide bonds. The summed E-state index contributed by atoms with van der Waals surface area (Å²) in [5, 5.41) is 19.9. The molecule has 18 heavy (non-hydrogen) atoms. The monoisotopic (exact) mass is 250 g/mol. The summed E-state index contributed by atoms with van der Waals surface area (Å²) in [7, 11) is 0. The van der Waals surface area contributed by atoms with Crippen molar-refractivity contribution in [3.05, 3.63) is 36.2 Å². The molecule has 1 aromatic rings. The number of aromatic nitrogens is 1. The lowest BCUT2D eigenvalue weighted by molar-refractivity contribution is -0.147. The number of hydrogen-bond acceptors (Lipinski definition) is 4. The molecule has 6 heteroatoms. The van der Waals surface area contributed by atoms with E-state index < -0.39 is 12.1 Å². The third-order valence-corrected chi connectivity index (χ3v) is 2.11. The minimum atomic E-state index is -1.45. The number of carbonyl (C=O) groups excluding carboxylic acids is 1. The SMILES string of the molecule is O=C(/C=C/c1cccnc1)NCC[C@H](O)C(=O)O. The summed E-state index contributed by atoms with van der Waals surface area (Å²) in [5.74, 6) is -1.65. The molecule has 0 aliphatic heterocycles. The van der Waals surface area contributed by atoms with Gasteiger partial charge >= 0.3 is 5.97 Å². The van der Waals surface area contributed by atoms with Gasteiger partial charge < -0.3 is 15.5 Å². The molecule has 0 fully saturated rings. The molecule has 96 valence electrons. The first-order chi connectivity index (χ1) is 8.59. The van der Waals surface area contributed by atoms with Crippen LogP contribution >= 0.6 is 0 Å². The number of rotatable bonds is 6. The van der Waals surface area contributed by atoms with Crippen molar-refractivity contribution in [2.75, 3.05) is 6.54 Å². The zero-order chi connectivity index (χ0) is 13.4. The Labute approximate surface area is 104 Å². The van der Waals surface area contributed by atoms with Crippen LogP contribution < -0.4 is 5.32 Å². The lowest BCUT2D eigenvalue weighted by atomic mass is 10.2. The zero-order valence-corrected chi connectivity index (χ0v) is 9.61. The Morgan fingerprint density at radius 3 is 2.89 bits per heavy atom. The largest absolute Gasteiger partial charge is 0.479 e. The summed E-state index contributed by atoms with van der Waals surface area (Å²) in [6, 6.07) is 3.55. The third-order valence-electron chi connectivity index (χ3n) is 2.11. The summed E-state index contributed by atoms with van der Waals surface area (Å²) in [5.41, 5.74) is 0.790. The molecule has 0 aliphatic carbocycles. The number of carbonyl (C=O) groups is 2. The van der Waals surface area contributed by atoms with Gasteiger partial charge in [-0.2, -0.15) is 0 Å². The van der Waals surface area contributed by atoms with Crippen molar-refractivity contribution in [3.63, 3.8) is 0 Å². The highest BCUT2D eigenvalue weighted by Crippen LogP contribution is 1.98. The average Bonchev–Trinajstić information content (AvgIpc) is 2.37. The number of carboxylic acids is 1. The molecule has 0 unspecified atom stereocenters. The molecule has 0 saturated heterocycles. The maximum absolute atomic E-state index is 11.3. The fourth-order valence-electron chi connectivity index (χ4n) is 1.16. The predicted molar refractivity (Wildman–Crippen MR) is 64.5 cm³/mol. The Morgan fingerprint density at radius 2 is 2.28 bits per heavy atom.